The van der Waals surface area contributed by atoms with Crippen LogP contribution in [-0.2, 0) is 19.9 Å². The topological polar surface area (TPSA) is 98.7 Å². The molecule has 0 aromatic heterocycles. The van der Waals surface area contributed by atoms with E-state index in [0.29, 0.717) is 17.7 Å². The highest BCUT2D eigenvalue weighted by Gasteiger charge is 2.71. The van der Waals surface area contributed by atoms with Gasteiger partial charge in [-0.2, -0.15) is 0 Å². The maximum absolute atomic E-state index is 13.4. The number of benzene rings is 1. The van der Waals surface area contributed by atoms with Crippen molar-refractivity contribution in [3.63, 3.8) is 0 Å². The Bertz CT molecular complexity index is 896. The van der Waals surface area contributed by atoms with Crippen molar-refractivity contribution >= 4 is 23.4 Å². The van der Waals surface area contributed by atoms with Gasteiger partial charge in [0.05, 0.1) is 17.9 Å². The molecule has 2 fully saturated rings. The summed E-state index contributed by atoms with van der Waals surface area (Å²) in [6.45, 7) is 9.24. The minimum absolute atomic E-state index is 0.249. The van der Waals surface area contributed by atoms with E-state index in [0.717, 1.165) is 11.1 Å². The first kappa shape index (κ1) is 19.1. The van der Waals surface area contributed by atoms with E-state index in [1.807, 2.05) is 39.8 Å². The monoisotopic (exact) mass is 385 g/mol. The van der Waals surface area contributed by atoms with Crippen molar-refractivity contribution in [2.45, 2.75) is 64.8 Å². The molecule has 3 aliphatic heterocycles. The van der Waals surface area contributed by atoms with Gasteiger partial charge in [0.15, 0.2) is 0 Å². The second-order valence-corrected chi connectivity index (χ2v) is 8.41. The number of carbonyl (C=O) groups is 3. The lowest BCUT2D eigenvalue weighted by atomic mass is 9.76. The summed E-state index contributed by atoms with van der Waals surface area (Å²) in [5.41, 5.74) is 2.02. The van der Waals surface area contributed by atoms with Crippen molar-refractivity contribution in [3.05, 3.63) is 28.8 Å². The average Bonchev–Trinajstić information content (AvgIpc) is 3.24. The Kier molecular flexibility index (Phi) is 4.17. The number of anilines is 1. The molecule has 3 amide bonds. The number of aliphatic hydroxyl groups excluding tert-OH is 1. The van der Waals surface area contributed by atoms with Crippen LogP contribution in [0.15, 0.2) is 12.1 Å². The number of nitrogens with zero attached hydrogens (tertiary/aromatic N) is 1. The van der Waals surface area contributed by atoms with Crippen LogP contribution in [0, 0.1) is 25.7 Å². The quantitative estimate of drug-likeness (QED) is 0.679. The number of hydrogen-bond donors (Lipinski definition) is 3. The molecule has 1 spiro atoms. The van der Waals surface area contributed by atoms with Crippen molar-refractivity contribution in [1.29, 1.82) is 0 Å². The summed E-state index contributed by atoms with van der Waals surface area (Å²) in [7, 11) is 0. The summed E-state index contributed by atoms with van der Waals surface area (Å²) in [6, 6.07) is 2.86. The van der Waals surface area contributed by atoms with Gasteiger partial charge in [-0.25, -0.2) is 0 Å². The summed E-state index contributed by atoms with van der Waals surface area (Å²) in [5.74, 6) is -2.59. The first-order valence-corrected chi connectivity index (χ1v) is 9.91. The van der Waals surface area contributed by atoms with E-state index in [-0.39, 0.29) is 23.8 Å². The lowest BCUT2D eigenvalue weighted by molar-refractivity contribution is -0.145. The Morgan fingerprint density at radius 1 is 1.18 bits per heavy atom. The molecule has 7 nitrogen and oxygen atoms in total. The van der Waals surface area contributed by atoms with Crippen molar-refractivity contribution in [2.75, 3.05) is 5.32 Å². The smallest absolute Gasteiger partial charge is 0.250 e. The first-order chi connectivity index (χ1) is 13.2. The van der Waals surface area contributed by atoms with Crippen LogP contribution in [0.1, 0.15) is 43.9 Å². The highest BCUT2D eigenvalue weighted by atomic mass is 16.3. The molecule has 4 rings (SSSR count). The van der Waals surface area contributed by atoms with Gasteiger partial charge in [0.25, 0.3) is 0 Å². The molecule has 3 heterocycles. The fraction of sp³-hybridized carbons (Fsp3) is 0.571. The third-order valence-electron chi connectivity index (χ3n) is 6.94. The molecule has 6 atom stereocenters. The fourth-order valence-electron chi connectivity index (χ4n) is 5.10. The summed E-state index contributed by atoms with van der Waals surface area (Å²) in [5, 5.41) is 16.6. The molecular weight excluding hydrogens is 358 g/mol. The van der Waals surface area contributed by atoms with Crippen molar-refractivity contribution in [2.24, 2.45) is 11.8 Å². The van der Waals surface area contributed by atoms with Gasteiger partial charge in [-0.3, -0.25) is 24.6 Å². The minimum Gasteiger partial charge on any atom is -0.392 e. The van der Waals surface area contributed by atoms with E-state index >= 15 is 0 Å². The number of fused-ring (bicyclic) bond motifs is 4. The molecule has 3 N–H and O–H groups in total. The van der Waals surface area contributed by atoms with Crippen LogP contribution in [0.3, 0.4) is 0 Å². The van der Waals surface area contributed by atoms with E-state index < -0.39 is 29.5 Å². The van der Waals surface area contributed by atoms with Gasteiger partial charge in [0.2, 0.25) is 17.7 Å². The Hall–Kier alpha value is -2.25. The van der Waals surface area contributed by atoms with Crippen LogP contribution >= 0.6 is 0 Å². The highest BCUT2D eigenvalue weighted by Crippen LogP contribution is 2.54. The van der Waals surface area contributed by atoms with Gasteiger partial charge >= 0.3 is 0 Å². The van der Waals surface area contributed by atoms with Crippen LogP contribution in [0.2, 0.25) is 0 Å². The summed E-state index contributed by atoms with van der Waals surface area (Å²) < 4.78 is 0. The van der Waals surface area contributed by atoms with E-state index in [1.165, 1.54) is 4.90 Å². The average molecular weight is 385 g/mol. The normalized spacial score (nSPS) is 33.3. The number of amides is 3. The summed E-state index contributed by atoms with van der Waals surface area (Å²) in [4.78, 5) is 41.2. The number of aryl methyl sites for hydroxylation is 1. The molecule has 0 unspecified atom stereocenters. The van der Waals surface area contributed by atoms with E-state index in [2.05, 4.69) is 10.6 Å². The molecule has 0 saturated carbocycles. The van der Waals surface area contributed by atoms with Gasteiger partial charge in [-0.15, -0.1) is 0 Å². The molecular formula is C21H27N3O4. The molecule has 0 aliphatic carbocycles. The van der Waals surface area contributed by atoms with Crippen LogP contribution < -0.4 is 10.6 Å². The largest absolute Gasteiger partial charge is 0.392 e. The zero-order chi connectivity index (χ0) is 20.5. The van der Waals surface area contributed by atoms with Gasteiger partial charge in [-0.05, 0) is 45.2 Å². The van der Waals surface area contributed by atoms with Gasteiger partial charge in [0, 0.05) is 23.3 Å². The Morgan fingerprint density at radius 2 is 1.86 bits per heavy atom. The summed E-state index contributed by atoms with van der Waals surface area (Å²) >= 11 is 0. The second kappa shape index (κ2) is 6.12. The molecule has 7 heteroatoms. The van der Waals surface area contributed by atoms with Gasteiger partial charge in [0.1, 0.15) is 5.54 Å². The predicted octanol–water partition coefficient (Wildman–Crippen LogP) is 1.20. The molecule has 0 bridgehead atoms. The van der Waals surface area contributed by atoms with Crippen LogP contribution in [-0.4, -0.2) is 45.9 Å². The Balaban J connectivity index is 1.93. The molecule has 28 heavy (non-hydrogen) atoms. The van der Waals surface area contributed by atoms with Gasteiger partial charge in [-0.1, -0.05) is 19.1 Å². The predicted molar refractivity (Wildman–Crippen MR) is 103 cm³/mol. The van der Waals surface area contributed by atoms with Crippen LogP contribution in [0.5, 0.6) is 0 Å². The Labute approximate surface area is 164 Å². The molecule has 150 valence electrons. The first-order valence-electron chi connectivity index (χ1n) is 9.91. The van der Waals surface area contributed by atoms with E-state index in [1.54, 1.807) is 6.92 Å². The Morgan fingerprint density at radius 3 is 2.46 bits per heavy atom. The number of rotatable bonds is 3. The van der Waals surface area contributed by atoms with Crippen molar-refractivity contribution < 1.29 is 19.5 Å². The number of aliphatic hydroxyl groups is 1. The highest BCUT2D eigenvalue weighted by molar-refractivity contribution is 6.15. The van der Waals surface area contributed by atoms with E-state index in [4.69, 9.17) is 0 Å². The zero-order valence-corrected chi connectivity index (χ0v) is 16.9. The van der Waals surface area contributed by atoms with E-state index in [9.17, 15) is 19.5 Å². The summed E-state index contributed by atoms with van der Waals surface area (Å²) in [6.07, 6.45) is -0.249. The zero-order valence-electron chi connectivity index (χ0n) is 16.9. The standard InChI is InChI=1S/C21H27N3O4/c1-6-10(3)24-18(26)14-15(19(24)27)21(23-17(14)12(5)25)13-8-7-9(2)11(4)16(13)22-20(21)28/h7-8,10,12,14-15,17,23,25H,6H2,1-5H3,(H,22,28)/t10-,12+,14-,15-,17+,21+/m0/s1. The van der Waals surface area contributed by atoms with Gasteiger partial charge < -0.3 is 10.4 Å². The SMILES string of the molecule is CC[C@H](C)N1C(=O)[C@@H]2[C@@H]([C@@H](C)O)N[C@@]3(C(=O)Nc4c3ccc(C)c4C)[C@@H]2C1=O. The second-order valence-electron chi connectivity index (χ2n) is 8.41. The molecule has 1 aromatic rings. The molecule has 2 saturated heterocycles. The minimum atomic E-state index is -1.34. The lowest BCUT2D eigenvalue weighted by Gasteiger charge is -2.31. The fourth-order valence-corrected chi connectivity index (χ4v) is 5.10. The maximum Gasteiger partial charge on any atom is 0.250 e. The third-order valence-corrected chi connectivity index (χ3v) is 6.94. The van der Waals surface area contributed by atoms with Crippen molar-refractivity contribution in [3.8, 4) is 0 Å². The molecule has 0 radical (unpaired) electrons. The van der Waals surface area contributed by atoms with Crippen LogP contribution in [0.25, 0.3) is 0 Å². The number of hydrogen-bond acceptors (Lipinski definition) is 5. The van der Waals surface area contributed by atoms with Crippen molar-refractivity contribution in [1.82, 2.24) is 10.2 Å². The number of nitrogens with one attached hydrogen (secondary N) is 2. The third kappa shape index (κ3) is 2.14. The lowest BCUT2D eigenvalue weighted by Crippen LogP contribution is -2.55. The number of imide groups is 1. The number of likely N-dealkylation sites (tertiary alicyclic amines) is 1. The van der Waals surface area contributed by atoms with Crippen LogP contribution in [0.4, 0.5) is 5.69 Å². The maximum atomic E-state index is 13.4. The molecule has 1 aromatic carbocycles. The number of carbonyl (C=O) groups excluding carboxylic acids is 3. The molecule has 3 aliphatic rings.